The van der Waals surface area contributed by atoms with Gasteiger partial charge in [-0.3, -0.25) is 4.68 Å². The van der Waals surface area contributed by atoms with Crippen molar-refractivity contribution >= 4 is 11.7 Å². The summed E-state index contributed by atoms with van der Waals surface area (Å²) in [6.07, 6.45) is 2.15. The number of nitrogens with one attached hydrogen (secondary N) is 1. The van der Waals surface area contributed by atoms with Gasteiger partial charge in [0.1, 0.15) is 12.5 Å². The molecule has 4 rings (SSSR count). The standard InChI is InChI=1S/C17H20FN5O/c1-10-3-4-12(6-14(10)16-19-9-22(2)21-16)20-17(24)23-8-11-5-13(23)7-15(11)18/h3-4,6,9,11,13,15H,5,7-8H2,1-2H3,(H,20,24)/t11-,13?,15+/m0/s1. The van der Waals surface area contributed by atoms with E-state index in [0.29, 0.717) is 24.5 Å². The zero-order valence-corrected chi connectivity index (χ0v) is 13.7. The summed E-state index contributed by atoms with van der Waals surface area (Å²) in [5, 5.41) is 7.25. The van der Waals surface area contributed by atoms with E-state index in [1.54, 1.807) is 15.9 Å². The fraction of sp³-hybridized carbons (Fsp3) is 0.471. The maximum Gasteiger partial charge on any atom is 0.322 e. The van der Waals surface area contributed by atoms with Gasteiger partial charge in [0.15, 0.2) is 5.82 Å². The van der Waals surface area contributed by atoms with Crippen LogP contribution in [0.5, 0.6) is 0 Å². The maximum atomic E-state index is 13.6. The maximum absolute atomic E-state index is 13.6. The van der Waals surface area contributed by atoms with Crippen LogP contribution in [-0.4, -0.2) is 44.5 Å². The van der Waals surface area contributed by atoms with Crippen molar-refractivity contribution in [3.63, 3.8) is 0 Å². The molecule has 1 aromatic carbocycles. The Labute approximate surface area is 139 Å². The van der Waals surface area contributed by atoms with Gasteiger partial charge in [-0.1, -0.05) is 6.07 Å². The molecule has 1 aliphatic carbocycles. The summed E-state index contributed by atoms with van der Waals surface area (Å²) < 4.78 is 15.2. The van der Waals surface area contributed by atoms with Gasteiger partial charge < -0.3 is 10.2 Å². The molecule has 1 N–H and O–H groups in total. The third-order valence-corrected chi connectivity index (χ3v) is 5.05. The number of benzene rings is 1. The number of urea groups is 1. The lowest BCUT2D eigenvalue weighted by molar-refractivity contribution is 0.156. The summed E-state index contributed by atoms with van der Waals surface area (Å²) >= 11 is 0. The largest absolute Gasteiger partial charge is 0.322 e. The first-order chi connectivity index (χ1) is 11.5. The van der Waals surface area contributed by atoms with Gasteiger partial charge in [-0.2, -0.15) is 5.10 Å². The number of hydrogen-bond acceptors (Lipinski definition) is 3. The van der Waals surface area contributed by atoms with Gasteiger partial charge >= 0.3 is 6.03 Å². The second-order valence-electron chi connectivity index (χ2n) is 6.76. The smallest absolute Gasteiger partial charge is 0.321 e. The Morgan fingerprint density at radius 2 is 2.21 bits per heavy atom. The third kappa shape index (κ3) is 2.53. The number of carbonyl (C=O) groups excluding carboxylic acids is 1. The molecule has 3 atom stereocenters. The van der Waals surface area contributed by atoms with Gasteiger partial charge in [-0.05, 0) is 37.5 Å². The Balaban J connectivity index is 1.52. The first-order valence-electron chi connectivity index (χ1n) is 8.19. The number of rotatable bonds is 2. The number of carbonyl (C=O) groups is 1. The molecule has 0 spiro atoms. The molecule has 7 heteroatoms. The van der Waals surface area contributed by atoms with Crippen molar-refractivity contribution in [1.29, 1.82) is 0 Å². The summed E-state index contributed by atoms with van der Waals surface area (Å²) in [6.45, 7) is 2.50. The Hall–Kier alpha value is -2.44. The van der Waals surface area contributed by atoms with E-state index in [-0.39, 0.29) is 18.0 Å². The van der Waals surface area contributed by atoms with E-state index in [0.717, 1.165) is 17.5 Å². The summed E-state index contributed by atoms with van der Waals surface area (Å²) in [5.41, 5.74) is 2.63. The Morgan fingerprint density at radius 1 is 1.38 bits per heavy atom. The van der Waals surface area contributed by atoms with Gasteiger partial charge in [0, 0.05) is 36.8 Å². The molecule has 2 amide bonds. The fourth-order valence-corrected chi connectivity index (χ4v) is 3.74. The highest BCUT2D eigenvalue weighted by molar-refractivity contribution is 5.90. The Kier molecular flexibility index (Phi) is 3.51. The number of aromatic nitrogens is 3. The number of piperidine rings is 1. The van der Waals surface area contributed by atoms with E-state index in [9.17, 15) is 9.18 Å². The van der Waals surface area contributed by atoms with E-state index in [1.165, 1.54) is 0 Å². The molecule has 6 nitrogen and oxygen atoms in total. The molecule has 1 saturated carbocycles. The number of fused-ring (bicyclic) bond motifs is 2. The van der Waals surface area contributed by atoms with Crippen LogP contribution in [0.4, 0.5) is 14.9 Å². The van der Waals surface area contributed by atoms with Gasteiger partial charge in [0.25, 0.3) is 0 Å². The van der Waals surface area contributed by atoms with Crippen LogP contribution < -0.4 is 5.32 Å². The quantitative estimate of drug-likeness (QED) is 0.921. The van der Waals surface area contributed by atoms with Crippen molar-refractivity contribution in [2.24, 2.45) is 13.0 Å². The normalized spacial score (nSPS) is 25.3. The number of alkyl halides is 1. The second-order valence-corrected chi connectivity index (χ2v) is 6.76. The fourth-order valence-electron chi connectivity index (χ4n) is 3.74. The van der Waals surface area contributed by atoms with E-state index < -0.39 is 6.17 Å². The van der Waals surface area contributed by atoms with Crippen LogP contribution in [0, 0.1) is 12.8 Å². The topological polar surface area (TPSA) is 63.1 Å². The molecule has 1 unspecified atom stereocenters. The lowest BCUT2D eigenvalue weighted by Gasteiger charge is -2.28. The monoisotopic (exact) mass is 329 g/mol. The van der Waals surface area contributed by atoms with Crippen LogP contribution in [-0.2, 0) is 7.05 Å². The molecule has 1 aromatic heterocycles. The summed E-state index contributed by atoms with van der Waals surface area (Å²) in [6, 6.07) is 5.57. The SMILES string of the molecule is Cc1ccc(NC(=O)N2C[C@@H]3CC2C[C@H]3F)cc1-c1ncn(C)n1. The minimum absolute atomic E-state index is 0.00653. The minimum Gasteiger partial charge on any atom is -0.321 e. The molecular formula is C17H20FN5O. The van der Waals surface area contributed by atoms with E-state index in [4.69, 9.17) is 0 Å². The van der Waals surface area contributed by atoms with Crippen molar-refractivity contribution in [1.82, 2.24) is 19.7 Å². The lowest BCUT2D eigenvalue weighted by Crippen LogP contribution is -2.43. The van der Waals surface area contributed by atoms with Gasteiger partial charge in [-0.15, -0.1) is 0 Å². The highest BCUT2D eigenvalue weighted by Crippen LogP contribution is 2.39. The number of anilines is 1. The molecular weight excluding hydrogens is 309 g/mol. The van der Waals surface area contributed by atoms with Crippen LogP contribution >= 0.6 is 0 Å². The van der Waals surface area contributed by atoms with Crippen LogP contribution in [0.25, 0.3) is 11.4 Å². The van der Waals surface area contributed by atoms with Crippen molar-refractivity contribution in [3.8, 4) is 11.4 Å². The number of nitrogens with zero attached hydrogens (tertiary/aromatic N) is 4. The van der Waals surface area contributed by atoms with Crippen molar-refractivity contribution in [3.05, 3.63) is 30.1 Å². The van der Waals surface area contributed by atoms with E-state index >= 15 is 0 Å². The van der Waals surface area contributed by atoms with E-state index in [1.807, 2.05) is 32.2 Å². The average Bonchev–Trinajstić information content (AvgIpc) is 3.24. The van der Waals surface area contributed by atoms with Crippen LogP contribution in [0.1, 0.15) is 18.4 Å². The van der Waals surface area contributed by atoms with Gasteiger partial charge in [0.2, 0.25) is 0 Å². The van der Waals surface area contributed by atoms with Crippen molar-refractivity contribution in [2.45, 2.75) is 32.0 Å². The van der Waals surface area contributed by atoms with Gasteiger partial charge in [-0.25, -0.2) is 14.2 Å². The highest BCUT2D eigenvalue weighted by atomic mass is 19.1. The molecule has 126 valence electrons. The predicted molar refractivity (Wildman–Crippen MR) is 88.3 cm³/mol. The zero-order valence-electron chi connectivity index (χ0n) is 13.7. The van der Waals surface area contributed by atoms with Crippen LogP contribution in [0.2, 0.25) is 0 Å². The molecule has 2 bridgehead atoms. The van der Waals surface area contributed by atoms with Crippen molar-refractivity contribution in [2.75, 3.05) is 11.9 Å². The molecule has 1 saturated heterocycles. The summed E-state index contributed by atoms with van der Waals surface area (Å²) in [5.74, 6) is 0.638. The van der Waals surface area contributed by atoms with E-state index in [2.05, 4.69) is 15.4 Å². The van der Waals surface area contributed by atoms with Crippen molar-refractivity contribution < 1.29 is 9.18 Å². The minimum atomic E-state index is -0.750. The van der Waals surface area contributed by atoms with Crippen LogP contribution in [0.15, 0.2) is 24.5 Å². The molecule has 1 aliphatic heterocycles. The average molecular weight is 329 g/mol. The Bertz CT molecular complexity index is 787. The molecule has 2 aliphatic rings. The molecule has 2 heterocycles. The summed E-state index contributed by atoms with van der Waals surface area (Å²) in [4.78, 5) is 18.5. The molecule has 24 heavy (non-hydrogen) atoms. The number of amides is 2. The first kappa shape index (κ1) is 15.1. The molecule has 2 fully saturated rings. The molecule has 2 aromatic rings. The second kappa shape index (κ2) is 5.58. The number of aryl methyl sites for hydroxylation is 2. The predicted octanol–water partition coefficient (Wildman–Crippen LogP) is 2.75. The number of likely N-dealkylation sites (tertiary alicyclic amines) is 1. The number of hydrogen-bond donors (Lipinski definition) is 1. The number of halogens is 1. The Morgan fingerprint density at radius 3 is 2.83 bits per heavy atom. The molecule has 0 radical (unpaired) electrons. The van der Waals surface area contributed by atoms with Crippen LogP contribution in [0.3, 0.4) is 0 Å². The zero-order chi connectivity index (χ0) is 16.8. The summed E-state index contributed by atoms with van der Waals surface area (Å²) in [7, 11) is 1.82. The third-order valence-electron chi connectivity index (χ3n) is 5.05. The highest BCUT2D eigenvalue weighted by Gasteiger charge is 2.46. The lowest BCUT2D eigenvalue weighted by atomic mass is 10.1. The van der Waals surface area contributed by atoms with Gasteiger partial charge in [0.05, 0.1) is 0 Å². The first-order valence-corrected chi connectivity index (χ1v) is 8.19.